The van der Waals surface area contributed by atoms with Crippen molar-refractivity contribution in [2.45, 2.75) is 52.1 Å². The summed E-state index contributed by atoms with van der Waals surface area (Å²) in [5.74, 6) is 1.42. The van der Waals surface area contributed by atoms with Crippen molar-refractivity contribution in [2.75, 3.05) is 13.6 Å². The largest absolute Gasteiger partial charge is 0.329 e. The molecule has 3 atom stereocenters. The molecule has 19 heavy (non-hydrogen) atoms. The first-order valence-corrected chi connectivity index (χ1v) is 8.19. The zero-order valence-electron chi connectivity index (χ0n) is 12.6. The van der Waals surface area contributed by atoms with E-state index in [1.165, 1.54) is 29.8 Å². The number of nitrogens with two attached hydrogens (primary N) is 1. The van der Waals surface area contributed by atoms with Crippen LogP contribution in [0.4, 0.5) is 0 Å². The maximum absolute atomic E-state index is 6.20. The number of thiazole rings is 1. The van der Waals surface area contributed by atoms with E-state index in [1.807, 2.05) is 5.51 Å². The van der Waals surface area contributed by atoms with E-state index < -0.39 is 0 Å². The van der Waals surface area contributed by atoms with Gasteiger partial charge < -0.3 is 5.73 Å². The molecule has 1 aromatic heterocycles. The van der Waals surface area contributed by atoms with Crippen molar-refractivity contribution in [2.24, 2.45) is 17.6 Å². The minimum absolute atomic E-state index is 0.161. The number of hydrogen-bond acceptors (Lipinski definition) is 4. The number of nitrogens with zero attached hydrogens (tertiary/aromatic N) is 2. The fourth-order valence-electron chi connectivity index (χ4n) is 3.57. The molecule has 4 heteroatoms. The minimum Gasteiger partial charge on any atom is -0.329 e. The Bertz CT molecular complexity index is 417. The second-order valence-electron chi connectivity index (χ2n) is 6.18. The molecule has 1 heterocycles. The summed E-state index contributed by atoms with van der Waals surface area (Å²) in [6.45, 7) is 8.59. The Morgan fingerprint density at radius 2 is 2.26 bits per heavy atom. The van der Waals surface area contributed by atoms with Gasteiger partial charge in [-0.1, -0.05) is 26.7 Å². The van der Waals surface area contributed by atoms with E-state index in [4.69, 9.17) is 5.73 Å². The van der Waals surface area contributed by atoms with Gasteiger partial charge in [0, 0.05) is 23.5 Å². The molecule has 2 N–H and O–H groups in total. The van der Waals surface area contributed by atoms with Crippen molar-refractivity contribution in [3.05, 3.63) is 16.1 Å². The standard InChI is InChI=1S/C15H27N3S/c1-11-6-5-7-15(9-16,12(11)2)18(4)8-14-13(3)17-10-19-14/h10-12H,5-9,16H2,1-4H3. The summed E-state index contributed by atoms with van der Waals surface area (Å²) in [4.78, 5) is 8.23. The quantitative estimate of drug-likeness (QED) is 0.922. The van der Waals surface area contributed by atoms with Gasteiger partial charge in [-0.3, -0.25) is 4.90 Å². The normalized spacial score (nSPS) is 31.9. The van der Waals surface area contributed by atoms with Gasteiger partial charge in [-0.05, 0) is 32.2 Å². The Balaban J connectivity index is 2.18. The van der Waals surface area contributed by atoms with Gasteiger partial charge in [0.05, 0.1) is 11.2 Å². The van der Waals surface area contributed by atoms with Crippen LogP contribution >= 0.6 is 11.3 Å². The van der Waals surface area contributed by atoms with Crippen LogP contribution in [0.5, 0.6) is 0 Å². The van der Waals surface area contributed by atoms with Crippen LogP contribution in [0.25, 0.3) is 0 Å². The Hall–Kier alpha value is -0.450. The summed E-state index contributed by atoms with van der Waals surface area (Å²) in [5.41, 5.74) is 9.48. The lowest BCUT2D eigenvalue weighted by Gasteiger charge is -2.51. The molecule has 1 aliphatic carbocycles. The van der Waals surface area contributed by atoms with E-state index >= 15 is 0 Å². The van der Waals surface area contributed by atoms with E-state index in [9.17, 15) is 0 Å². The highest BCUT2D eigenvalue weighted by atomic mass is 32.1. The molecule has 0 radical (unpaired) electrons. The number of aromatic nitrogens is 1. The Labute approximate surface area is 121 Å². The molecule has 1 fully saturated rings. The molecule has 3 unspecified atom stereocenters. The maximum atomic E-state index is 6.20. The Morgan fingerprint density at radius 1 is 1.53 bits per heavy atom. The first kappa shape index (κ1) is 14.9. The molecule has 3 nitrogen and oxygen atoms in total. The van der Waals surface area contributed by atoms with Crippen molar-refractivity contribution in [1.29, 1.82) is 0 Å². The van der Waals surface area contributed by atoms with Gasteiger partial charge in [0.25, 0.3) is 0 Å². The predicted octanol–water partition coefficient (Wildman–Crippen LogP) is 3.04. The maximum Gasteiger partial charge on any atom is 0.0798 e. The summed E-state index contributed by atoms with van der Waals surface area (Å²) in [6, 6.07) is 0. The molecular formula is C15H27N3S. The molecule has 0 aromatic carbocycles. The Morgan fingerprint density at radius 3 is 2.84 bits per heavy atom. The summed E-state index contributed by atoms with van der Waals surface area (Å²) in [6.07, 6.45) is 3.87. The minimum atomic E-state index is 0.161. The number of likely N-dealkylation sites (N-methyl/N-ethyl adjacent to an activating group) is 1. The van der Waals surface area contributed by atoms with Crippen molar-refractivity contribution in [3.63, 3.8) is 0 Å². The Kier molecular flexibility index (Phi) is 4.64. The van der Waals surface area contributed by atoms with Gasteiger partial charge in [0.1, 0.15) is 0 Å². The number of aryl methyl sites for hydroxylation is 1. The zero-order valence-corrected chi connectivity index (χ0v) is 13.5. The molecule has 2 rings (SSSR count). The molecule has 1 aromatic rings. The van der Waals surface area contributed by atoms with Crippen LogP contribution in [0.1, 0.15) is 43.7 Å². The highest BCUT2D eigenvalue weighted by Gasteiger charge is 2.43. The van der Waals surface area contributed by atoms with Gasteiger partial charge >= 0.3 is 0 Å². The number of hydrogen-bond donors (Lipinski definition) is 1. The SMILES string of the molecule is Cc1ncsc1CN(C)C1(CN)CCCC(C)C1C. The molecule has 0 amide bonds. The highest BCUT2D eigenvalue weighted by molar-refractivity contribution is 7.09. The molecule has 1 saturated carbocycles. The average Bonchev–Trinajstić information content (AvgIpc) is 2.79. The molecule has 108 valence electrons. The average molecular weight is 281 g/mol. The lowest BCUT2D eigenvalue weighted by Crippen LogP contribution is -2.59. The van der Waals surface area contributed by atoms with Crippen LogP contribution in [0, 0.1) is 18.8 Å². The second-order valence-corrected chi connectivity index (χ2v) is 7.12. The van der Waals surface area contributed by atoms with Crippen LogP contribution in [0.3, 0.4) is 0 Å². The molecule has 1 aliphatic rings. The van der Waals surface area contributed by atoms with E-state index in [0.717, 1.165) is 19.0 Å². The third-order valence-electron chi connectivity index (χ3n) is 5.31. The molecule has 0 saturated heterocycles. The van der Waals surface area contributed by atoms with Gasteiger partial charge in [-0.15, -0.1) is 11.3 Å². The van der Waals surface area contributed by atoms with E-state index in [1.54, 1.807) is 11.3 Å². The highest BCUT2D eigenvalue weighted by Crippen LogP contribution is 2.41. The zero-order chi connectivity index (χ0) is 14.0. The monoisotopic (exact) mass is 281 g/mol. The van der Waals surface area contributed by atoms with Crippen molar-refractivity contribution in [1.82, 2.24) is 9.88 Å². The van der Waals surface area contributed by atoms with E-state index in [0.29, 0.717) is 5.92 Å². The summed E-state index contributed by atoms with van der Waals surface area (Å²) in [7, 11) is 2.24. The van der Waals surface area contributed by atoms with Crippen LogP contribution in [-0.4, -0.2) is 29.0 Å². The van der Waals surface area contributed by atoms with Crippen LogP contribution in [-0.2, 0) is 6.54 Å². The first-order valence-electron chi connectivity index (χ1n) is 7.31. The fraction of sp³-hybridized carbons (Fsp3) is 0.800. The van der Waals surface area contributed by atoms with Gasteiger partial charge in [0.2, 0.25) is 0 Å². The van der Waals surface area contributed by atoms with E-state index in [-0.39, 0.29) is 5.54 Å². The second kappa shape index (κ2) is 5.90. The lowest BCUT2D eigenvalue weighted by atomic mass is 9.67. The molecular weight excluding hydrogens is 254 g/mol. The topological polar surface area (TPSA) is 42.2 Å². The molecule has 0 bridgehead atoms. The summed E-state index contributed by atoms with van der Waals surface area (Å²) in [5, 5.41) is 0. The first-order chi connectivity index (χ1) is 9.01. The summed E-state index contributed by atoms with van der Waals surface area (Å²) >= 11 is 1.76. The van der Waals surface area contributed by atoms with Crippen molar-refractivity contribution < 1.29 is 0 Å². The third kappa shape index (κ3) is 2.71. The lowest BCUT2D eigenvalue weighted by molar-refractivity contribution is 0.00182. The van der Waals surface area contributed by atoms with Crippen LogP contribution in [0.15, 0.2) is 5.51 Å². The molecule has 0 spiro atoms. The molecule has 0 aliphatic heterocycles. The van der Waals surface area contributed by atoms with Crippen molar-refractivity contribution in [3.8, 4) is 0 Å². The van der Waals surface area contributed by atoms with Crippen LogP contribution in [0.2, 0.25) is 0 Å². The predicted molar refractivity (Wildman–Crippen MR) is 82.3 cm³/mol. The smallest absolute Gasteiger partial charge is 0.0798 e. The van der Waals surface area contributed by atoms with Gasteiger partial charge in [-0.25, -0.2) is 4.98 Å². The van der Waals surface area contributed by atoms with Gasteiger partial charge in [-0.2, -0.15) is 0 Å². The van der Waals surface area contributed by atoms with Crippen molar-refractivity contribution >= 4 is 11.3 Å². The fourth-order valence-corrected chi connectivity index (χ4v) is 4.40. The van der Waals surface area contributed by atoms with E-state index in [2.05, 4.69) is 37.7 Å². The third-order valence-corrected chi connectivity index (χ3v) is 6.23. The summed E-state index contributed by atoms with van der Waals surface area (Å²) < 4.78 is 0. The van der Waals surface area contributed by atoms with Crippen LogP contribution < -0.4 is 5.73 Å². The number of rotatable bonds is 4. The van der Waals surface area contributed by atoms with Gasteiger partial charge in [0.15, 0.2) is 0 Å².